The maximum absolute atomic E-state index is 13.5. The number of benzene rings is 1. The Kier molecular flexibility index (Phi) is 7.89. The molecule has 1 amide bonds. The standard InChI is InChI=1S/C17H23F2N3O4/c18-12-2-3-14(13(19)10-12)21-16(23)11-15(17(24)25)20-4-1-5-22-6-8-26-9-7-22/h2-3,10,15,20H,1,4-9,11H2,(H,21,23)(H,24,25)/p+1/t15-/m0/s1. The summed E-state index contributed by atoms with van der Waals surface area (Å²) in [6, 6.07) is 1.69. The highest BCUT2D eigenvalue weighted by atomic mass is 19.1. The Morgan fingerprint density at radius 3 is 2.69 bits per heavy atom. The summed E-state index contributed by atoms with van der Waals surface area (Å²) in [7, 11) is 0. The Balaban J connectivity index is 1.75. The van der Waals surface area contributed by atoms with Gasteiger partial charge in [0.05, 0.1) is 44.4 Å². The van der Waals surface area contributed by atoms with Gasteiger partial charge in [-0.05, 0) is 12.1 Å². The first-order valence-corrected chi connectivity index (χ1v) is 8.66. The van der Waals surface area contributed by atoms with Crippen LogP contribution in [0.3, 0.4) is 0 Å². The van der Waals surface area contributed by atoms with Crippen molar-refractivity contribution in [1.82, 2.24) is 0 Å². The number of hydrogen-bond acceptors (Lipinski definition) is 4. The minimum atomic E-state index is -1.35. The number of morpholine rings is 1. The third-order valence-electron chi connectivity index (χ3n) is 4.30. The van der Waals surface area contributed by atoms with Crippen molar-refractivity contribution in [2.24, 2.45) is 0 Å². The van der Waals surface area contributed by atoms with Crippen LogP contribution in [-0.4, -0.2) is 57.3 Å². The molecule has 1 saturated heterocycles. The number of nitrogens with two attached hydrogens (primary N) is 1. The van der Waals surface area contributed by atoms with Gasteiger partial charge in [-0.1, -0.05) is 0 Å². The molecule has 1 aromatic carbocycles. The number of anilines is 1. The Bertz CT molecular complexity index is 624. The van der Waals surface area contributed by atoms with Gasteiger partial charge in [-0.25, -0.2) is 8.78 Å². The topological polar surface area (TPSA) is 99.5 Å². The first-order valence-electron chi connectivity index (χ1n) is 8.66. The van der Waals surface area contributed by atoms with Gasteiger partial charge in [-0.2, -0.15) is 0 Å². The van der Waals surface area contributed by atoms with Crippen molar-refractivity contribution in [1.29, 1.82) is 0 Å². The average molecular weight is 372 g/mol. The Hall–Kier alpha value is -2.10. The molecule has 0 saturated carbocycles. The maximum Gasteiger partial charge on any atom is 0.230 e. The summed E-state index contributed by atoms with van der Waals surface area (Å²) >= 11 is 0. The van der Waals surface area contributed by atoms with Gasteiger partial charge < -0.3 is 30.2 Å². The Morgan fingerprint density at radius 1 is 1.31 bits per heavy atom. The van der Waals surface area contributed by atoms with E-state index in [0.29, 0.717) is 12.6 Å². The molecule has 0 aliphatic carbocycles. The van der Waals surface area contributed by atoms with Gasteiger partial charge in [0.25, 0.3) is 0 Å². The molecule has 1 aromatic rings. The van der Waals surface area contributed by atoms with E-state index < -0.39 is 29.6 Å². The molecule has 0 aromatic heterocycles. The van der Waals surface area contributed by atoms with Crippen LogP contribution in [0.5, 0.6) is 0 Å². The summed E-state index contributed by atoms with van der Waals surface area (Å²) in [5, 5.41) is 15.0. The second-order valence-corrected chi connectivity index (χ2v) is 6.29. The zero-order valence-electron chi connectivity index (χ0n) is 14.4. The Morgan fingerprint density at radius 2 is 2.04 bits per heavy atom. The summed E-state index contributed by atoms with van der Waals surface area (Å²) in [5.74, 6) is -3.69. The molecule has 1 fully saturated rings. The number of carboxylic acid groups (broad SMARTS) is 1. The fourth-order valence-corrected chi connectivity index (χ4v) is 2.84. The van der Waals surface area contributed by atoms with E-state index in [2.05, 4.69) is 5.32 Å². The lowest BCUT2D eigenvalue weighted by atomic mass is 10.2. The first kappa shape index (κ1) is 20.2. The SMILES string of the molecule is O=C(C[C@H]([NH2+]CCC[NH+]1CCOCC1)C(=O)[O-])Nc1ccc(F)cc1F. The predicted octanol–water partition coefficient (Wildman–Crippen LogP) is -2.72. The van der Waals surface area contributed by atoms with E-state index in [1.165, 1.54) is 4.90 Å². The second-order valence-electron chi connectivity index (χ2n) is 6.29. The van der Waals surface area contributed by atoms with Gasteiger partial charge in [0, 0.05) is 12.5 Å². The van der Waals surface area contributed by atoms with E-state index in [1.807, 2.05) is 0 Å². The molecule has 4 N–H and O–H groups in total. The van der Waals surface area contributed by atoms with E-state index in [1.54, 1.807) is 5.32 Å². The van der Waals surface area contributed by atoms with Crippen LogP contribution in [0.25, 0.3) is 0 Å². The Labute approximate surface area is 150 Å². The summed E-state index contributed by atoms with van der Waals surface area (Å²) in [5.41, 5.74) is -0.190. The minimum Gasteiger partial charge on any atom is -0.544 e. The highest BCUT2D eigenvalue weighted by molar-refractivity contribution is 5.93. The van der Waals surface area contributed by atoms with Gasteiger partial charge in [-0.15, -0.1) is 0 Å². The molecular weight excluding hydrogens is 348 g/mol. The van der Waals surface area contributed by atoms with Crippen molar-refractivity contribution in [3.63, 3.8) is 0 Å². The fourth-order valence-electron chi connectivity index (χ4n) is 2.84. The summed E-state index contributed by atoms with van der Waals surface area (Å²) in [4.78, 5) is 24.6. The molecule has 1 atom stereocenters. The summed E-state index contributed by atoms with van der Waals surface area (Å²) in [6.07, 6.45) is 0.441. The molecule has 2 rings (SSSR count). The molecule has 0 bridgehead atoms. The van der Waals surface area contributed by atoms with Crippen LogP contribution in [0, 0.1) is 11.6 Å². The van der Waals surface area contributed by atoms with Gasteiger partial charge >= 0.3 is 0 Å². The average Bonchev–Trinajstić information content (AvgIpc) is 2.61. The first-order chi connectivity index (χ1) is 12.5. The number of halogens is 2. The molecular formula is C17H24F2N3O4+. The van der Waals surface area contributed by atoms with Crippen LogP contribution in [-0.2, 0) is 14.3 Å². The fraction of sp³-hybridized carbons (Fsp3) is 0.529. The maximum atomic E-state index is 13.5. The van der Waals surface area contributed by atoms with Crippen molar-refractivity contribution in [3.05, 3.63) is 29.8 Å². The van der Waals surface area contributed by atoms with Crippen LogP contribution >= 0.6 is 0 Å². The smallest absolute Gasteiger partial charge is 0.230 e. The van der Waals surface area contributed by atoms with Crippen LogP contribution < -0.4 is 20.6 Å². The van der Waals surface area contributed by atoms with Crippen molar-refractivity contribution in [2.45, 2.75) is 18.9 Å². The number of carbonyl (C=O) groups excluding carboxylic acids is 2. The largest absolute Gasteiger partial charge is 0.544 e. The second kappa shape index (κ2) is 10.1. The zero-order valence-corrected chi connectivity index (χ0v) is 14.4. The molecule has 1 aliphatic rings. The number of nitrogens with one attached hydrogen (secondary N) is 2. The molecule has 1 aliphatic heterocycles. The van der Waals surface area contributed by atoms with Gasteiger partial charge in [0.2, 0.25) is 5.91 Å². The lowest BCUT2D eigenvalue weighted by molar-refractivity contribution is -0.909. The van der Waals surface area contributed by atoms with E-state index in [4.69, 9.17) is 4.74 Å². The number of aliphatic carboxylic acids is 1. The van der Waals surface area contributed by atoms with Crippen LogP contribution in [0.1, 0.15) is 12.8 Å². The van der Waals surface area contributed by atoms with E-state index >= 15 is 0 Å². The number of carbonyl (C=O) groups is 2. The molecule has 1 heterocycles. The zero-order chi connectivity index (χ0) is 18.9. The third-order valence-corrected chi connectivity index (χ3v) is 4.30. The van der Waals surface area contributed by atoms with Gasteiger partial charge in [0.15, 0.2) is 0 Å². The van der Waals surface area contributed by atoms with Crippen LogP contribution in [0.2, 0.25) is 0 Å². The number of ether oxygens (including phenoxy) is 1. The lowest BCUT2D eigenvalue weighted by Crippen LogP contribution is -3.14. The molecule has 0 spiro atoms. The molecule has 26 heavy (non-hydrogen) atoms. The van der Waals surface area contributed by atoms with Crippen molar-refractivity contribution in [2.75, 3.05) is 44.7 Å². The molecule has 9 heteroatoms. The summed E-state index contributed by atoms with van der Waals surface area (Å²) < 4.78 is 31.7. The molecule has 0 radical (unpaired) electrons. The number of hydrogen-bond donors (Lipinski definition) is 3. The number of quaternary nitrogens is 2. The lowest BCUT2D eigenvalue weighted by Gasteiger charge is -2.23. The van der Waals surface area contributed by atoms with E-state index in [-0.39, 0.29) is 12.1 Å². The third kappa shape index (κ3) is 6.66. The normalized spacial score (nSPS) is 16.2. The number of amides is 1. The van der Waals surface area contributed by atoms with Crippen molar-refractivity contribution >= 4 is 17.6 Å². The van der Waals surface area contributed by atoms with Crippen molar-refractivity contribution in [3.8, 4) is 0 Å². The monoisotopic (exact) mass is 372 g/mol. The molecule has 144 valence electrons. The van der Waals surface area contributed by atoms with E-state index in [9.17, 15) is 23.5 Å². The molecule has 7 nitrogen and oxygen atoms in total. The summed E-state index contributed by atoms with van der Waals surface area (Å²) in [6.45, 7) is 4.81. The van der Waals surface area contributed by atoms with Crippen LogP contribution in [0.4, 0.5) is 14.5 Å². The number of carboxylic acids is 1. The van der Waals surface area contributed by atoms with E-state index in [0.717, 1.165) is 51.4 Å². The molecule has 0 unspecified atom stereocenters. The highest BCUT2D eigenvalue weighted by Crippen LogP contribution is 2.15. The van der Waals surface area contributed by atoms with Gasteiger partial charge in [0.1, 0.15) is 30.8 Å². The highest BCUT2D eigenvalue weighted by Gasteiger charge is 2.20. The van der Waals surface area contributed by atoms with Crippen LogP contribution in [0.15, 0.2) is 18.2 Å². The number of rotatable bonds is 9. The van der Waals surface area contributed by atoms with Gasteiger partial charge in [-0.3, -0.25) is 4.79 Å². The predicted molar refractivity (Wildman–Crippen MR) is 86.2 cm³/mol. The van der Waals surface area contributed by atoms with Crippen molar-refractivity contribution < 1.29 is 38.4 Å². The minimum absolute atomic E-state index is 0.190. The quantitative estimate of drug-likeness (QED) is 0.410.